The molecule has 0 spiro atoms. The van der Waals surface area contributed by atoms with E-state index in [0.717, 1.165) is 26.2 Å². The number of carbonyl (C=O) groups is 3. The Balaban J connectivity index is 2.06. The highest BCUT2D eigenvalue weighted by Gasteiger charge is 2.27. The maximum Gasteiger partial charge on any atom is 0.355 e. The van der Waals surface area contributed by atoms with Crippen LogP contribution in [0.15, 0.2) is 12.7 Å². The third-order valence-electron chi connectivity index (χ3n) is 4.94. The molecule has 0 unspecified atom stereocenters. The zero-order chi connectivity index (χ0) is 22.1. The Kier molecular flexibility index (Phi) is 9.07. The first-order valence-corrected chi connectivity index (χ1v) is 10.3. The van der Waals surface area contributed by atoms with Gasteiger partial charge in [-0.15, -0.1) is 6.58 Å². The number of nitrogens with one attached hydrogen (secondary N) is 2. The molecular formula is C21H32N4O5. The number of aromatic amines is 1. The first-order valence-electron chi connectivity index (χ1n) is 10.3. The number of amides is 1. The fraction of sp³-hybridized carbons (Fsp3) is 0.571. The summed E-state index contributed by atoms with van der Waals surface area (Å²) in [5.74, 6) is -0.955. The summed E-state index contributed by atoms with van der Waals surface area (Å²) in [5.41, 5.74) is 1.86. The van der Waals surface area contributed by atoms with E-state index >= 15 is 0 Å². The van der Waals surface area contributed by atoms with Gasteiger partial charge in [-0.25, -0.2) is 9.59 Å². The molecule has 0 radical (unpaired) electrons. The van der Waals surface area contributed by atoms with E-state index in [9.17, 15) is 14.4 Å². The molecule has 1 aromatic heterocycles. The summed E-state index contributed by atoms with van der Waals surface area (Å²) in [6, 6.07) is 0. The first kappa shape index (κ1) is 23.6. The molecule has 0 saturated carbocycles. The number of esters is 2. The second-order valence-electron chi connectivity index (χ2n) is 7.06. The number of hydrogen-bond acceptors (Lipinski definition) is 7. The molecule has 2 heterocycles. The Morgan fingerprint density at radius 1 is 1.07 bits per heavy atom. The molecule has 1 saturated heterocycles. The lowest BCUT2D eigenvalue weighted by molar-refractivity contribution is -0.122. The molecule has 166 valence electrons. The Labute approximate surface area is 177 Å². The predicted octanol–water partition coefficient (Wildman–Crippen LogP) is 1.10. The van der Waals surface area contributed by atoms with E-state index in [4.69, 9.17) is 9.47 Å². The van der Waals surface area contributed by atoms with Crippen LogP contribution in [0.3, 0.4) is 0 Å². The second kappa shape index (κ2) is 11.5. The van der Waals surface area contributed by atoms with Crippen molar-refractivity contribution >= 4 is 17.8 Å². The van der Waals surface area contributed by atoms with Crippen molar-refractivity contribution in [1.29, 1.82) is 0 Å². The molecule has 0 bridgehead atoms. The molecule has 1 amide bonds. The third-order valence-corrected chi connectivity index (χ3v) is 4.94. The summed E-state index contributed by atoms with van der Waals surface area (Å²) >= 11 is 0. The molecule has 9 heteroatoms. The van der Waals surface area contributed by atoms with Crippen molar-refractivity contribution in [2.75, 3.05) is 52.5 Å². The number of carbonyl (C=O) groups excluding carboxylic acids is 3. The van der Waals surface area contributed by atoms with Crippen LogP contribution in [-0.4, -0.2) is 85.1 Å². The van der Waals surface area contributed by atoms with Crippen LogP contribution >= 0.6 is 0 Å². The van der Waals surface area contributed by atoms with Gasteiger partial charge in [-0.2, -0.15) is 0 Å². The summed E-state index contributed by atoms with van der Waals surface area (Å²) in [7, 11) is 0. The molecule has 2 N–H and O–H groups in total. The number of aromatic nitrogens is 1. The maximum atomic E-state index is 12.5. The molecule has 0 aliphatic carbocycles. The fourth-order valence-corrected chi connectivity index (χ4v) is 3.44. The lowest BCUT2D eigenvalue weighted by Crippen LogP contribution is -2.49. The van der Waals surface area contributed by atoms with Crippen molar-refractivity contribution in [3.8, 4) is 0 Å². The normalized spacial score (nSPS) is 14.9. The average molecular weight is 421 g/mol. The lowest BCUT2D eigenvalue weighted by Gasteiger charge is -2.34. The number of rotatable bonds is 10. The minimum Gasteiger partial charge on any atom is -0.462 e. The highest BCUT2D eigenvalue weighted by atomic mass is 16.5. The van der Waals surface area contributed by atoms with Gasteiger partial charge in [0.2, 0.25) is 5.91 Å². The van der Waals surface area contributed by atoms with Crippen LogP contribution in [0, 0.1) is 6.92 Å². The van der Waals surface area contributed by atoms with Gasteiger partial charge < -0.3 is 19.8 Å². The number of ether oxygens (including phenoxy) is 2. The molecular weight excluding hydrogens is 388 g/mol. The van der Waals surface area contributed by atoms with E-state index < -0.39 is 11.9 Å². The summed E-state index contributed by atoms with van der Waals surface area (Å²) < 4.78 is 10.3. The quantitative estimate of drug-likeness (QED) is 0.431. The number of nitrogens with zero attached hydrogens (tertiary/aromatic N) is 2. The number of piperazine rings is 1. The van der Waals surface area contributed by atoms with Gasteiger partial charge in [0.05, 0.1) is 25.3 Å². The van der Waals surface area contributed by atoms with E-state index in [2.05, 4.69) is 26.7 Å². The summed E-state index contributed by atoms with van der Waals surface area (Å²) in [5, 5.41) is 2.78. The van der Waals surface area contributed by atoms with Gasteiger partial charge in [0, 0.05) is 45.0 Å². The molecule has 9 nitrogen and oxygen atoms in total. The Bertz CT molecular complexity index is 766. The fourth-order valence-electron chi connectivity index (χ4n) is 3.44. The molecule has 2 rings (SSSR count). The van der Waals surface area contributed by atoms with Crippen LogP contribution in [0.25, 0.3) is 0 Å². The summed E-state index contributed by atoms with van der Waals surface area (Å²) in [6.45, 7) is 13.5. The van der Waals surface area contributed by atoms with Crippen molar-refractivity contribution in [2.45, 2.75) is 27.3 Å². The Morgan fingerprint density at radius 2 is 1.67 bits per heavy atom. The minimum absolute atomic E-state index is 0.0213. The van der Waals surface area contributed by atoms with Crippen molar-refractivity contribution in [3.63, 3.8) is 0 Å². The minimum atomic E-state index is -0.484. The van der Waals surface area contributed by atoms with E-state index in [-0.39, 0.29) is 24.8 Å². The van der Waals surface area contributed by atoms with Crippen LogP contribution < -0.4 is 5.32 Å². The van der Waals surface area contributed by atoms with Gasteiger partial charge in [-0.3, -0.25) is 14.6 Å². The summed E-state index contributed by atoms with van der Waals surface area (Å²) in [6.07, 6.45) is 1.65. The van der Waals surface area contributed by atoms with Gasteiger partial charge in [0.15, 0.2) is 0 Å². The average Bonchev–Trinajstić information content (AvgIpc) is 3.04. The maximum absolute atomic E-state index is 12.5. The SMILES string of the molecule is C=CCNC(=O)CN1CCN(Cc2[nH]c(C(=O)OCC)c(C)c2C(=O)OCC)CC1. The van der Waals surface area contributed by atoms with Crippen molar-refractivity contribution in [2.24, 2.45) is 0 Å². The topological polar surface area (TPSA) is 104 Å². The van der Waals surface area contributed by atoms with E-state index in [1.807, 2.05) is 0 Å². The monoisotopic (exact) mass is 420 g/mol. The lowest BCUT2D eigenvalue weighted by atomic mass is 10.1. The zero-order valence-electron chi connectivity index (χ0n) is 18.1. The van der Waals surface area contributed by atoms with Gasteiger partial charge >= 0.3 is 11.9 Å². The van der Waals surface area contributed by atoms with Gasteiger partial charge in [-0.05, 0) is 26.3 Å². The molecule has 1 aliphatic rings. The smallest absolute Gasteiger partial charge is 0.355 e. The van der Waals surface area contributed by atoms with Crippen LogP contribution in [0.4, 0.5) is 0 Å². The van der Waals surface area contributed by atoms with Crippen molar-refractivity contribution in [1.82, 2.24) is 20.1 Å². The third kappa shape index (κ3) is 6.17. The van der Waals surface area contributed by atoms with Crippen molar-refractivity contribution in [3.05, 3.63) is 35.2 Å². The Morgan fingerprint density at radius 3 is 2.27 bits per heavy atom. The zero-order valence-corrected chi connectivity index (χ0v) is 18.1. The predicted molar refractivity (Wildman–Crippen MR) is 112 cm³/mol. The number of H-pyrrole nitrogens is 1. The van der Waals surface area contributed by atoms with Crippen LogP contribution in [0.2, 0.25) is 0 Å². The van der Waals surface area contributed by atoms with E-state index in [1.54, 1.807) is 26.8 Å². The van der Waals surface area contributed by atoms with Gasteiger partial charge in [0.1, 0.15) is 5.69 Å². The van der Waals surface area contributed by atoms with E-state index in [1.165, 1.54) is 0 Å². The largest absolute Gasteiger partial charge is 0.462 e. The summed E-state index contributed by atoms with van der Waals surface area (Å²) in [4.78, 5) is 44.0. The first-order chi connectivity index (χ1) is 14.4. The van der Waals surface area contributed by atoms with Crippen LogP contribution in [-0.2, 0) is 20.8 Å². The highest BCUT2D eigenvalue weighted by molar-refractivity contribution is 5.98. The van der Waals surface area contributed by atoms with Gasteiger partial charge in [-0.1, -0.05) is 6.08 Å². The molecule has 1 aliphatic heterocycles. The Hall–Kier alpha value is -2.65. The molecule has 1 aromatic rings. The second-order valence-corrected chi connectivity index (χ2v) is 7.06. The van der Waals surface area contributed by atoms with Gasteiger partial charge in [0.25, 0.3) is 0 Å². The molecule has 1 fully saturated rings. The number of hydrogen-bond donors (Lipinski definition) is 2. The highest BCUT2D eigenvalue weighted by Crippen LogP contribution is 2.22. The van der Waals surface area contributed by atoms with Crippen molar-refractivity contribution < 1.29 is 23.9 Å². The van der Waals surface area contributed by atoms with E-state index in [0.29, 0.717) is 36.5 Å². The van der Waals surface area contributed by atoms with Crippen LogP contribution in [0.1, 0.15) is 46.0 Å². The molecule has 30 heavy (non-hydrogen) atoms. The molecule has 0 atom stereocenters. The molecule has 0 aromatic carbocycles. The standard InChI is InChI=1S/C21H32N4O5/c1-5-8-22-17(26)14-25-11-9-24(10-12-25)13-16-18(20(27)29-6-2)15(4)19(23-16)21(28)30-7-3/h5,23H,1,6-14H2,2-4H3,(H,22,26). The van der Waals surface area contributed by atoms with Crippen LogP contribution in [0.5, 0.6) is 0 Å².